The normalized spacial score (nSPS) is 14.7. The summed E-state index contributed by atoms with van der Waals surface area (Å²) in [7, 11) is 0. The number of amides is 2. The lowest BCUT2D eigenvalue weighted by molar-refractivity contribution is -0.117. The van der Waals surface area contributed by atoms with E-state index in [1.807, 2.05) is 54.6 Å². The van der Waals surface area contributed by atoms with Crippen LogP contribution < -0.4 is 19.9 Å². The highest BCUT2D eigenvalue weighted by molar-refractivity contribution is 6.31. The molecule has 1 aliphatic heterocycles. The third-order valence-electron chi connectivity index (χ3n) is 4.44. The maximum absolute atomic E-state index is 12.7. The molecule has 0 bridgehead atoms. The van der Waals surface area contributed by atoms with E-state index in [1.165, 1.54) is 5.01 Å². The predicted octanol–water partition coefficient (Wildman–Crippen LogP) is 3.61. The molecule has 3 aromatic carbocycles. The summed E-state index contributed by atoms with van der Waals surface area (Å²) in [5.74, 6) is 0.584. The molecule has 6 heteroatoms. The minimum atomic E-state index is -0.438. The van der Waals surface area contributed by atoms with Gasteiger partial charge in [0.15, 0.2) is 0 Å². The Kier molecular flexibility index (Phi) is 5.75. The molecule has 0 radical (unpaired) electrons. The van der Waals surface area contributed by atoms with E-state index < -0.39 is 11.8 Å². The molecule has 1 N–H and O–H groups in total. The highest BCUT2D eigenvalue weighted by Gasteiger charge is 2.34. The summed E-state index contributed by atoms with van der Waals surface area (Å²) in [6.07, 6.45) is 1.56. The summed E-state index contributed by atoms with van der Waals surface area (Å²) in [6.45, 7) is 0.776. The number of hydrogen-bond acceptors (Lipinski definition) is 4. The van der Waals surface area contributed by atoms with Crippen molar-refractivity contribution in [1.29, 1.82) is 0 Å². The highest BCUT2D eigenvalue weighted by Crippen LogP contribution is 2.22. The fourth-order valence-electron chi connectivity index (χ4n) is 3.01. The Morgan fingerprint density at radius 2 is 1.40 bits per heavy atom. The fraction of sp³-hybridized carbons (Fsp3) is 0.0833. The first-order valence-corrected chi connectivity index (χ1v) is 9.53. The van der Waals surface area contributed by atoms with Crippen LogP contribution in [0.4, 0.5) is 5.69 Å². The van der Waals surface area contributed by atoms with E-state index in [1.54, 1.807) is 36.4 Å². The first kappa shape index (κ1) is 19.3. The molecule has 0 atom stereocenters. The molecule has 6 nitrogen and oxygen atoms in total. The largest absolute Gasteiger partial charge is 0.490 e. The molecule has 0 aromatic heterocycles. The van der Waals surface area contributed by atoms with Gasteiger partial charge in [-0.15, -0.1) is 0 Å². The van der Waals surface area contributed by atoms with E-state index in [4.69, 9.17) is 9.47 Å². The van der Waals surface area contributed by atoms with Crippen LogP contribution in [-0.2, 0) is 9.59 Å². The van der Waals surface area contributed by atoms with Gasteiger partial charge in [0.25, 0.3) is 11.8 Å². The summed E-state index contributed by atoms with van der Waals surface area (Å²) in [5.41, 5.74) is 3.97. The molecular weight excluding hydrogens is 380 g/mol. The number of para-hydroxylation sites is 2. The molecule has 1 fully saturated rings. The van der Waals surface area contributed by atoms with E-state index in [0.717, 1.165) is 5.75 Å². The van der Waals surface area contributed by atoms with Crippen LogP contribution in [0.15, 0.2) is 90.5 Å². The first-order chi connectivity index (χ1) is 14.7. The van der Waals surface area contributed by atoms with Crippen molar-refractivity contribution in [3.05, 3.63) is 96.1 Å². The molecular formula is C24H20N2O4. The van der Waals surface area contributed by atoms with Gasteiger partial charge in [-0.1, -0.05) is 48.5 Å². The van der Waals surface area contributed by atoms with Crippen molar-refractivity contribution in [1.82, 2.24) is 5.43 Å². The maximum atomic E-state index is 12.7. The molecule has 1 heterocycles. The van der Waals surface area contributed by atoms with Gasteiger partial charge in [-0.25, -0.2) is 5.01 Å². The second kappa shape index (κ2) is 8.96. The van der Waals surface area contributed by atoms with Crippen LogP contribution in [-0.4, -0.2) is 25.0 Å². The lowest BCUT2D eigenvalue weighted by Crippen LogP contribution is -2.35. The Labute approximate surface area is 174 Å². The topological polar surface area (TPSA) is 67.9 Å². The monoisotopic (exact) mass is 400 g/mol. The summed E-state index contributed by atoms with van der Waals surface area (Å²) in [5, 5.41) is 1.25. The predicted molar refractivity (Wildman–Crippen MR) is 114 cm³/mol. The van der Waals surface area contributed by atoms with Gasteiger partial charge in [-0.05, 0) is 48.0 Å². The van der Waals surface area contributed by atoms with Gasteiger partial charge in [-0.2, -0.15) is 0 Å². The van der Waals surface area contributed by atoms with Crippen LogP contribution in [0.5, 0.6) is 11.5 Å². The zero-order valence-corrected chi connectivity index (χ0v) is 16.2. The number of benzene rings is 3. The average Bonchev–Trinajstić information content (AvgIpc) is 3.07. The van der Waals surface area contributed by atoms with Crippen molar-refractivity contribution in [2.24, 2.45) is 0 Å². The molecule has 4 rings (SSSR count). The van der Waals surface area contributed by atoms with E-state index >= 15 is 0 Å². The van der Waals surface area contributed by atoms with Gasteiger partial charge >= 0.3 is 0 Å². The number of carbonyl (C=O) groups excluding carboxylic acids is 2. The van der Waals surface area contributed by atoms with Crippen LogP contribution in [0.3, 0.4) is 0 Å². The molecule has 1 aliphatic rings. The van der Waals surface area contributed by atoms with Crippen molar-refractivity contribution < 1.29 is 19.1 Å². The van der Waals surface area contributed by atoms with E-state index in [2.05, 4.69) is 5.43 Å². The van der Waals surface area contributed by atoms with Gasteiger partial charge in [-0.3, -0.25) is 15.0 Å². The number of nitrogens with one attached hydrogen (secondary N) is 1. The van der Waals surface area contributed by atoms with Gasteiger partial charge in [0.05, 0.1) is 5.69 Å². The first-order valence-electron chi connectivity index (χ1n) is 9.53. The Bertz CT molecular complexity index is 1060. The number of hydrogen-bond donors (Lipinski definition) is 1. The van der Waals surface area contributed by atoms with Gasteiger partial charge in [0.1, 0.15) is 30.3 Å². The highest BCUT2D eigenvalue weighted by atomic mass is 16.5. The lowest BCUT2D eigenvalue weighted by Gasteiger charge is -2.13. The van der Waals surface area contributed by atoms with Gasteiger partial charge in [0.2, 0.25) is 0 Å². The van der Waals surface area contributed by atoms with Crippen LogP contribution >= 0.6 is 0 Å². The quantitative estimate of drug-likeness (QED) is 0.374. The molecule has 0 spiro atoms. The average molecular weight is 400 g/mol. The smallest absolute Gasteiger partial charge is 0.282 e. The van der Waals surface area contributed by atoms with Crippen LogP contribution in [0.2, 0.25) is 0 Å². The molecule has 1 saturated heterocycles. The van der Waals surface area contributed by atoms with Crippen molar-refractivity contribution in [3.63, 3.8) is 0 Å². The van der Waals surface area contributed by atoms with Crippen molar-refractivity contribution in [2.75, 3.05) is 18.2 Å². The molecule has 0 unspecified atom stereocenters. The van der Waals surface area contributed by atoms with E-state index in [-0.39, 0.29) is 5.57 Å². The third-order valence-corrected chi connectivity index (χ3v) is 4.44. The molecule has 150 valence electrons. The summed E-state index contributed by atoms with van der Waals surface area (Å²) < 4.78 is 11.3. The van der Waals surface area contributed by atoms with E-state index in [0.29, 0.717) is 30.2 Å². The molecule has 30 heavy (non-hydrogen) atoms. The summed E-state index contributed by atoms with van der Waals surface area (Å²) >= 11 is 0. The zero-order chi connectivity index (χ0) is 20.8. The van der Waals surface area contributed by atoms with E-state index in [9.17, 15) is 9.59 Å². The number of ether oxygens (including phenoxy) is 2. The second-order valence-corrected chi connectivity index (χ2v) is 6.56. The standard InChI is InChI=1S/C24H20N2O4/c27-23-22(24(28)26(25-23)19-9-3-1-4-10-19)17-18-8-7-13-21(16-18)30-15-14-29-20-11-5-2-6-12-20/h1-13,16-17H,14-15H2,(H,25,27)/b22-17+. The maximum Gasteiger partial charge on any atom is 0.282 e. The van der Waals surface area contributed by atoms with Crippen molar-refractivity contribution in [3.8, 4) is 11.5 Å². The van der Waals surface area contributed by atoms with Gasteiger partial charge in [0, 0.05) is 0 Å². The van der Waals surface area contributed by atoms with Crippen LogP contribution in [0.1, 0.15) is 5.56 Å². The van der Waals surface area contributed by atoms with Crippen molar-refractivity contribution >= 4 is 23.6 Å². The SMILES string of the molecule is O=C1NN(c2ccccc2)C(=O)/C1=C/c1cccc(OCCOc2ccccc2)c1. The Morgan fingerprint density at radius 3 is 2.13 bits per heavy atom. The zero-order valence-electron chi connectivity index (χ0n) is 16.2. The van der Waals surface area contributed by atoms with Crippen LogP contribution in [0.25, 0.3) is 6.08 Å². The minimum absolute atomic E-state index is 0.0726. The minimum Gasteiger partial charge on any atom is -0.490 e. The summed E-state index contributed by atoms with van der Waals surface area (Å²) in [4.78, 5) is 25.0. The third kappa shape index (κ3) is 4.50. The Balaban J connectivity index is 1.40. The second-order valence-electron chi connectivity index (χ2n) is 6.56. The summed E-state index contributed by atoms with van der Waals surface area (Å²) in [6, 6.07) is 25.7. The molecule has 0 aliphatic carbocycles. The molecule has 2 amide bonds. The molecule has 0 saturated carbocycles. The van der Waals surface area contributed by atoms with Crippen LogP contribution in [0, 0.1) is 0 Å². The number of anilines is 1. The fourth-order valence-corrected chi connectivity index (χ4v) is 3.01. The number of hydrazine groups is 1. The molecule has 3 aromatic rings. The van der Waals surface area contributed by atoms with Crippen molar-refractivity contribution in [2.45, 2.75) is 0 Å². The Hall–Kier alpha value is -4.06. The number of carbonyl (C=O) groups is 2. The Morgan fingerprint density at radius 1 is 0.767 bits per heavy atom. The lowest BCUT2D eigenvalue weighted by atomic mass is 10.1. The van der Waals surface area contributed by atoms with Gasteiger partial charge < -0.3 is 9.47 Å². The number of nitrogens with zero attached hydrogens (tertiary/aromatic N) is 1. The number of rotatable bonds is 7.